The van der Waals surface area contributed by atoms with Gasteiger partial charge in [0, 0.05) is 18.0 Å². The van der Waals surface area contributed by atoms with Crippen LogP contribution >= 0.6 is 0 Å². The first-order valence-corrected chi connectivity index (χ1v) is 8.60. The number of carbonyl (C=O) groups is 1. The number of benzene rings is 1. The Bertz CT molecular complexity index is 1060. The molecule has 4 rings (SSSR count). The first-order valence-electron chi connectivity index (χ1n) is 8.60. The van der Waals surface area contributed by atoms with Gasteiger partial charge < -0.3 is 14.8 Å². The van der Waals surface area contributed by atoms with Gasteiger partial charge in [0.1, 0.15) is 26.9 Å². The fraction of sp³-hybridized carbons (Fsp3) is 0.150. The summed E-state index contributed by atoms with van der Waals surface area (Å²) in [5.74, 6) is 0.202. The maximum atomic E-state index is 13.8. The van der Waals surface area contributed by atoms with Crippen LogP contribution in [-0.4, -0.2) is 36.9 Å². The largest absolute Gasteiger partial charge is 0.486 e. The van der Waals surface area contributed by atoms with E-state index in [4.69, 9.17) is 17.3 Å². The fourth-order valence-electron chi connectivity index (χ4n) is 2.92. The number of rotatable bonds is 3. The van der Waals surface area contributed by atoms with E-state index in [1.54, 1.807) is 12.3 Å². The van der Waals surface area contributed by atoms with Crippen molar-refractivity contribution in [2.24, 2.45) is 0 Å². The van der Waals surface area contributed by atoms with Gasteiger partial charge in [-0.05, 0) is 48.4 Å². The van der Waals surface area contributed by atoms with E-state index in [0.29, 0.717) is 19.0 Å². The van der Waals surface area contributed by atoms with Crippen LogP contribution in [-0.2, 0) is 0 Å². The van der Waals surface area contributed by atoms with Gasteiger partial charge in [0.05, 0.1) is 0 Å². The van der Waals surface area contributed by atoms with Crippen LogP contribution in [0.4, 0.5) is 10.2 Å². The Morgan fingerprint density at radius 3 is 2.54 bits per heavy atom. The number of nitrogens with one attached hydrogen (secondary N) is 1. The number of halogens is 1. The van der Waals surface area contributed by atoms with Gasteiger partial charge in [0.25, 0.3) is 5.91 Å². The summed E-state index contributed by atoms with van der Waals surface area (Å²) in [5.41, 5.74) is 2.61. The quantitative estimate of drug-likeness (QED) is 0.712. The Morgan fingerprint density at radius 1 is 1.11 bits per heavy atom. The van der Waals surface area contributed by atoms with Gasteiger partial charge in [-0.15, -0.1) is 0 Å². The molecule has 1 amide bonds. The van der Waals surface area contributed by atoms with Gasteiger partial charge in [0.15, 0.2) is 23.0 Å². The van der Waals surface area contributed by atoms with Crippen molar-refractivity contribution >= 4 is 25.0 Å². The van der Waals surface area contributed by atoms with Gasteiger partial charge >= 0.3 is 0 Å². The summed E-state index contributed by atoms with van der Waals surface area (Å²) in [6.45, 7) is 3.01. The normalized spacial score (nSPS) is 12.5. The Kier molecular flexibility index (Phi) is 4.69. The highest BCUT2D eigenvalue weighted by molar-refractivity contribution is 6.32. The molecule has 0 saturated heterocycles. The summed E-state index contributed by atoms with van der Waals surface area (Å²) in [4.78, 5) is 20.2. The van der Waals surface area contributed by atoms with Crippen molar-refractivity contribution in [3.8, 4) is 22.6 Å². The van der Waals surface area contributed by atoms with Crippen LogP contribution in [0.25, 0.3) is 11.1 Å². The summed E-state index contributed by atoms with van der Waals surface area (Å²) in [6, 6.07) is 8.33. The van der Waals surface area contributed by atoms with Crippen molar-refractivity contribution in [3.05, 3.63) is 59.8 Å². The fourth-order valence-corrected chi connectivity index (χ4v) is 2.92. The SMILES string of the molecule is [B]c1cnc(C(=O)Nc2ccc(-c3cc4c(cc3C)OCCO4)cn2)c(F)c1. The first kappa shape index (κ1) is 18.0. The second-order valence-corrected chi connectivity index (χ2v) is 6.30. The van der Waals surface area contributed by atoms with Gasteiger partial charge in [-0.25, -0.2) is 14.4 Å². The van der Waals surface area contributed by atoms with Crippen LogP contribution in [0.15, 0.2) is 42.7 Å². The minimum Gasteiger partial charge on any atom is -0.486 e. The zero-order chi connectivity index (χ0) is 19.7. The molecule has 1 aromatic carbocycles. The van der Waals surface area contributed by atoms with E-state index in [-0.39, 0.29) is 17.0 Å². The van der Waals surface area contributed by atoms with Gasteiger partial charge in [-0.1, -0.05) is 5.46 Å². The van der Waals surface area contributed by atoms with Crippen LogP contribution < -0.4 is 20.3 Å². The minimum atomic E-state index is -0.791. The number of fused-ring (bicyclic) bond motifs is 1. The molecule has 1 N–H and O–H groups in total. The van der Waals surface area contributed by atoms with Crippen molar-refractivity contribution in [2.75, 3.05) is 18.5 Å². The predicted molar refractivity (Wildman–Crippen MR) is 103 cm³/mol. The number of aryl methyl sites for hydroxylation is 1. The summed E-state index contributed by atoms with van der Waals surface area (Å²) >= 11 is 0. The molecule has 2 aromatic heterocycles. The highest BCUT2D eigenvalue weighted by atomic mass is 19.1. The Labute approximate surface area is 162 Å². The molecule has 138 valence electrons. The van der Waals surface area contributed by atoms with Crippen molar-refractivity contribution in [1.82, 2.24) is 9.97 Å². The highest BCUT2D eigenvalue weighted by Crippen LogP contribution is 2.37. The number of carbonyl (C=O) groups excluding carboxylic acids is 1. The van der Waals surface area contributed by atoms with Crippen LogP contribution in [0.1, 0.15) is 16.1 Å². The molecule has 8 heteroatoms. The van der Waals surface area contributed by atoms with Crippen LogP contribution in [0.2, 0.25) is 0 Å². The summed E-state index contributed by atoms with van der Waals surface area (Å²) in [7, 11) is 5.44. The molecular weight excluding hydrogens is 360 g/mol. The number of amides is 1. The highest BCUT2D eigenvalue weighted by Gasteiger charge is 2.16. The van der Waals surface area contributed by atoms with E-state index in [9.17, 15) is 9.18 Å². The topological polar surface area (TPSA) is 73.3 Å². The number of hydrogen-bond donors (Lipinski definition) is 1. The second-order valence-electron chi connectivity index (χ2n) is 6.30. The molecule has 0 bridgehead atoms. The molecule has 0 atom stereocenters. The summed E-state index contributed by atoms with van der Waals surface area (Å²) in [6.07, 6.45) is 2.85. The lowest BCUT2D eigenvalue weighted by molar-refractivity contribution is 0.101. The second kappa shape index (κ2) is 7.30. The van der Waals surface area contributed by atoms with Crippen LogP contribution in [0.5, 0.6) is 11.5 Å². The van der Waals surface area contributed by atoms with Gasteiger partial charge in [0.2, 0.25) is 0 Å². The molecule has 28 heavy (non-hydrogen) atoms. The molecule has 6 nitrogen and oxygen atoms in total. The van der Waals surface area contributed by atoms with Crippen molar-refractivity contribution < 1.29 is 18.7 Å². The summed E-state index contributed by atoms with van der Waals surface area (Å²) < 4.78 is 25.0. The lowest BCUT2D eigenvalue weighted by atomic mass is 9.98. The van der Waals surface area contributed by atoms with Crippen molar-refractivity contribution in [1.29, 1.82) is 0 Å². The average Bonchev–Trinajstić information content (AvgIpc) is 2.68. The summed E-state index contributed by atoms with van der Waals surface area (Å²) in [5, 5.41) is 2.52. The molecule has 0 spiro atoms. The third-order valence-electron chi connectivity index (χ3n) is 4.28. The van der Waals surface area contributed by atoms with Gasteiger partial charge in [-0.3, -0.25) is 4.79 Å². The Hall–Kier alpha value is -3.42. The van der Waals surface area contributed by atoms with E-state index in [1.807, 2.05) is 25.1 Å². The maximum Gasteiger partial charge on any atom is 0.278 e. The smallest absolute Gasteiger partial charge is 0.278 e. The molecule has 1 aliphatic heterocycles. The molecule has 3 aromatic rings. The Morgan fingerprint density at radius 2 is 1.86 bits per heavy atom. The minimum absolute atomic E-state index is 0.145. The van der Waals surface area contributed by atoms with E-state index in [0.717, 1.165) is 28.5 Å². The zero-order valence-corrected chi connectivity index (χ0v) is 15.0. The standard InChI is InChI=1S/C20H15BFN3O3/c1-11-6-16-17(28-5-4-27-16)8-14(11)12-2-3-18(23-9-12)25-20(26)19-15(22)7-13(21)10-24-19/h2-3,6-10H,4-5H2,1H3,(H,23,25,26). The molecule has 3 heterocycles. The third kappa shape index (κ3) is 3.53. The van der Waals surface area contributed by atoms with Crippen molar-refractivity contribution in [2.45, 2.75) is 6.92 Å². The van der Waals surface area contributed by atoms with E-state index in [2.05, 4.69) is 15.3 Å². The monoisotopic (exact) mass is 375 g/mol. The number of pyridine rings is 2. The number of anilines is 1. The Balaban J connectivity index is 1.55. The molecule has 0 unspecified atom stereocenters. The van der Waals surface area contributed by atoms with Crippen LogP contribution in [0, 0.1) is 12.7 Å². The van der Waals surface area contributed by atoms with Crippen molar-refractivity contribution in [3.63, 3.8) is 0 Å². The maximum absolute atomic E-state index is 13.8. The first-order chi connectivity index (χ1) is 13.5. The number of nitrogens with zero attached hydrogens (tertiary/aromatic N) is 2. The third-order valence-corrected chi connectivity index (χ3v) is 4.28. The molecule has 2 radical (unpaired) electrons. The van der Waals surface area contributed by atoms with E-state index in [1.165, 1.54) is 6.20 Å². The van der Waals surface area contributed by atoms with E-state index >= 15 is 0 Å². The predicted octanol–water partition coefficient (Wildman–Crippen LogP) is 2.41. The number of ether oxygens (including phenoxy) is 2. The molecule has 0 saturated carbocycles. The lowest BCUT2D eigenvalue weighted by Crippen LogP contribution is -2.19. The number of aromatic nitrogens is 2. The molecule has 1 aliphatic rings. The molecule has 0 aliphatic carbocycles. The average molecular weight is 375 g/mol. The van der Waals surface area contributed by atoms with Gasteiger partial charge in [-0.2, -0.15) is 0 Å². The van der Waals surface area contributed by atoms with Crippen LogP contribution in [0.3, 0.4) is 0 Å². The number of hydrogen-bond acceptors (Lipinski definition) is 5. The van der Waals surface area contributed by atoms with E-state index < -0.39 is 11.7 Å². The molecule has 0 fully saturated rings. The zero-order valence-electron chi connectivity index (χ0n) is 15.0. The molecular formula is C20H15BFN3O3. The lowest BCUT2D eigenvalue weighted by Gasteiger charge is -2.20.